The summed E-state index contributed by atoms with van der Waals surface area (Å²) in [4.78, 5) is 18.2. The minimum absolute atomic E-state index is 0.321. The number of hydrogen-bond donors (Lipinski definition) is 3. The van der Waals surface area contributed by atoms with E-state index in [1.165, 1.54) is 6.26 Å². The van der Waals surface area contributed by atoms with Gasteiger partial charge in [-0.3, -0.25) is 4.90 Å². The van der Waals surface area contributed by atoms with E-state index in [1.54, 1.807) is 35.2 Å². The van der Waals surface area contributed by atoms with Gasteiger partial charge in [0.15, 0.2) is 5.08 Å². The molecule has 4 rings (SSSR count). The van der Waals surface area contributed by atoms with Crippen molar-refractivity contribution in [2.24, 2.45) is 10.7 Å². The van der Waals surface area contributed by atoms with Crippen LogP contribution in [0, 0.1) is 5.82 Å². The summed E-state index contributed by atoms with van der Waals surface area (Å²) in [7, 11) is 0. The number of benzene rings is 2. The molecule has 2 amide bonds. The molecule has 2 heterocycles. The number of carbonyl (C=O) groups is 1. The first-order valence-corrected chi connectivity index (χ1v) is 9.94. The van der Waals surface area contributed by atoms with Crippen molar-refractivity contribution in [3.05, 3.63) is 76.9 Å². The van der Waals surface area contributed by atoms with Crippen molar-refractivity contribution in [1.82, 2.24) is 0 Å². The van der Waals surface area contributed by atoms with Crippen LogP contribution in [0.1, 0.15) is 5.56 Å². The van der Waals surface area contributed by atoms with Crippen LogP contribution in [0.2, 0.25) is 0 Å². The number of rotatable bonds is 3. The van der Waals surface area contributed by atoms with Gasteiger partial charge in [-0.2, -0.15) is 13.2 Å². The first-order valence-electron chi connectivity index (χ1n) is 9.03. The maximum atomic E-state index is 13.8. The Morgan fingerprint density at radius 3 is 2.53 bits per heavy atom. The molecule has 0 radical (unpaired) electrons. The molecule has 0 fully saturated rings. The largest absolute Gasteiger partial charge is 0.446 e. The number of urea groups is 1. The van der Waals surface area contributed by atoms with Gasteiger partial charge < -0.3 is 20.8 Å². The third-order valence-corrected chi connectivity index (χ3v) is 5.18. The van der Waals surface area contributed by atoms with Gasteiger partial charge in [0.25, 0.3) is 0 Å². The zero-order valence-corrected chi connectivity index (χ0v) is 17.5. The number of nitrogens with two attached hydrogens (primary N) is 1. The second-order valence-electron chi connectivity index (χ2n) is 6.65. The Morgan fingerprint density at radius 1 is 1.12 bits per heavy atom. The minimum Gasteiger partial charge on any atom is -0.446 e. The Morgan fingerprint density at radius 2 is 1.84 bits per heavy atom. The van der Waals surface area contributed by atoms with Crippen molar-refractivity contribution in [2.75, 3.05) is 15.5 Å². The SMILES string of the molecule is NC1=c2ccoc2=NC(Br)N1c1ccc(NC(=O)Nc2cc(C(F)(F)F)ccc2F)cc1. The fourth-order valence-electron chi connectivity index (χ4n) is 3.04. The number of anilines is 3. The van der Waals surface area contributed by atoms with Crippen LogP contribution in [0.15, 0.2) is 64.2 Å². The fourth-order valence-corrected chi connectivity index (χ4v) is 3.69. The Kier molecular flexibility index (Phi) is 5.55. The third-order valence-electron chi connectivity index (χ3n) is 4.56. The molecule has 0 aliphatic carbocycles. The van der Waals surface area contributed by atoms with Crippen LogP contribution in [0.25, 0.3) is 5.82 Å². The number of amides is 2. The van der Waals surface area contributed by atoms with E-state index in [0.29, 0.717) is 46.2 Å². The van der Waals surface area contributed by atoms with E-state index in [4.69, 9.17) is 10.2 Å². The number of alkyl halides is 4. The molecule has 0 saturated heterocycles. The molecule has 1 aliphatic rings. The molecule has 2 aromatic carbocycles. The Labute approximate surface area is 186 Å². The summed E-state index contributed by atoms with van der Waals surface area (Å²) in [6.45, 7) is 0. The van der Waals surface area contributed by atoms with Crippen molar-refractivity contribution in [3.8, 4) is 0 Å². The Hall–Kier alpha value is -3.54. The van der Waals surface area contributed by atoms with Crippen molar-refractivity contribution in [3.63, 3.8) is 0 Å². The average Bonchev–Trinajstić information content (AvgIpc) is 3.18. The normalized spacial score (nSPS) is 15.7. The third kappa shape index (κ3) is 4.26. The predicted octanol–water partition coefficient (Wildman–Crippen LogP) is 3.92. The molecule has 1 unspecified atom stereocenters. The number of nitrogens with zero attached hydrogens (tertiary/aromatic N) is 2. The topological polar surface area (TPSA) is 95.9 Å². The van der Waals surface area contributed by atoms with Crippen LogP contribution >= 0.6 is 15.9 Å². The number of nitrogens with one attached hydrogen (secondary N) is 2. The summed E-state index contributed by atoms with van der Waals surface area (Å²) in [5.41, 5.74) is 5.91. The van der Waals surface area contributed by atoms with Gasteiger partial charge in [-0.15, -0.1) is 0 Å². The molecule has 7 nitrogen and oxygen atoms in total. The van der Waals surface area contributed by atoms with Crippen molar-refractivity contribution < 1.29 is 26.8 Å². The van der Waals surface area contributed by atoms with E-state index in [2.05, 4.69) is 31.6 Å². The van der Waals surface area contributed by atoms with Crippen LogP contribution in [0.5, 0.6) is 0 Å². The van der Waals surface area contributed by atoms with Gasteiger partial charge in [0.05, 0.1) is 22.7 Å². The summed E-state index contributed by atoms with van der Waals surface area (Å²) in [6, 6.07) is 8.95. The molecule has 12 heteroatoms. The van der Waals surface area contributed by atoms with Crippen LogP contribution in [-0.4, -0.2) is 11.1 Å². The molecular weight excluding hydrogens is 498 g/mol. The smallest absolute Gasteiger partial charge is 0.416 e. The summed E-state index contributed by atoms with van der Waals surface area (Å²) >= 11 is 3.41. The number of carbonyl (C=O) groups excluding carboxylic acids is 1. The summed E-state index contributed by atoms with van der Waals surface area (Å²) in [6.07, 6.45) is -3.19. The monoisotopic (exact) mass is 511 g/mol. The molecular formula is C20H14BrF4N5O2. The maximum Gasteiger partial charge on any atom is 0.416 e. The lowest BCUT2D eigenvalue weighted by Gasteiger charge is -2.29. The Balaban J connectivity index is 1.49. The van der Waals surface area contributed by atoms with Gasteiger partial charge in [0.1, 0.15) is 11.6 Å². The highest BCUT2D eigenvalue weighted by molar-refractivity contribution is 9.09. The first kappa shape index (κ1) is 21.7. The number of fused-ring (bicyclic) bond motifs is 1. The molecule has 3 aromatic rings. The summed E-state index contributed by atoms with van der Waals surface area (Å²) < 4.78 is 57.5. The standard InChI is InChI=1S/C20H14BrF4N5O2/c21-18-29-17-13(7-8-32-17)16(26)30(18)12-4-2-11(3-5-12)27-19(31)28-15-9-10(20(23,24)25)1-6-14(15)22/h1-9,18H,26H2,(H2,27,28,31). The van der Waals surface area contributed by atoms with Gasteiger partial charge in [0, 0.05) is 11.4 Å². The van der Waals surface area contributed by atoms with E-state index in [-0.39, 0.29) is 0 Å². The van der Waals surface area contributed by atoms with Gasteiger partial charge in [-0.1, -0.05) is 0 Å². The van der Waals surface area contributed by atoms with Crippen LogP contribution in [0.3, 0.4) is 0 Å². The Bertz CT molecular complexity index is 1290. The molecule has 1 aromatic heterocycles. The van der Waals surface area contributed by atoms with E-state index in [0.717, 1.165) is 0 Å². The van der Waals surface area contributed by atoms with E-state index in [1.807, 2.05) is 0 Å². The second kappa shape index (κ2) is 8.19. The van der Waals surface area contributed by atoms with Crippen molar-refractivity contribution in [2.45, 2.75) is 11.3 Å². The lowest BCUT2D eigenvalue weighted by Crippen LogP contribution is -2.45. The highest BCUT2D eigenvalue weighted by Gasteiger charge is 2.31. The van der Waals surface area contributed by atoms with E-state index < -0.39 is 34.4 Å². The molecule has 4 N–H and O–H groups in total. The quantitative estimate of drug-likeness (QED) is 0.282. The first-order chi connectivity index (χ1) is 15.1. The second-order valence-corrected chi connectivity index (χ2v) is 7.47. The molecule has 32 heavy (non-hydrogen) atoms. The lowest BCUT2D eigenvalue weighted by molar-refractivity contribution is -0.137. The van der Waals surface area contributed by atoms with Gasteiger partial charge in [0.2, 0.25) is 5.55 Å². The predicted molar refractivity (Wildman–Crippen MR) is 113 cm³/mol. The summed E-state index contributed by atoms with van der Waals surface area (Å²) in [5, 5.41) is 4.62. The van der Waals surface area contributed by atoms with Crippen LogP contribution in [-0.2, 0) is 6.18 Å². The number of halogens is 5. The van der Waals surface area contributed by atoms with E-state index >= 15 is 0 Å². The molecule has 1 aliphatic heterocycles. The van der Waals surface area contributed by atoms with Crippen LogP contribution in [0.4, 0.5) is 39.4 Å². The molecule has 166 valence electrons. The maximum absolute atomic E-state index is 13.8. The average molecular weight is 512 g/mol. The molecule has 0 bridgehead atoms. The van der Waals surface area contributed by atoms with Gasteiger partial charge >= 0.3 is 12.2 Å². The summed E-state index contributed by atoms with van der Waals surface area (Å²) in [5.74, 6) is -0.588. The van der Waals surface area contributed by atoms with E-state index in [9.17, 15) is 22.4 Å². The number of furan rings is 1. The highest BCUT2D eigenvalue weighted by Crippen LogP contribution is 2.32. The lowest BCUT2D eigenvalue weighted by atomic mass is 10.2. The molecule has 0 spiro atoms. The van der Waals surface area contributed by atoms with Crippen molar-refractivity contribution >= 4 is 44.8 Å². The fraction of sp³-hybridized carbons (Fsp3) is 0.100. The highest BCUT2D eigenvalue weighted by atomic mass is 79.9. The zero-order valence-electron chi connectivity index (χ0n) is 16.0. The minimum atomic E-state index is -4.67. The molecule has 0 saturated carbocycles. The van der Waals surface area contributed by atoms with Crippen molar-refractivity contribution in [1.29, 1.82) is 0 Å². The zero-order chi connectivity index (χ0) is 23.0. The molecule has 1 atom stereocenters. The van der Waals surface area contributed by atoms with Crippen LogP contribution < -0.4 is 32.0 Å². The van der Waals surface area contributed by atoms with Gasteiger partial charge in [-0.25, -0.2) is 14.2 Å². The van der Waals surface area contributed by atoms with Gasteiger partial charge in [-0.05, 0) is 64.5 Å². The number of hydrogen-bond acceptors (Lipinski definition) is 5.